The number of carbonyl (C=O) groups is 1. The van der Waals surface area contributed by atoms with Gasteiger partial charge < -0.3 is 19.5 Å². The van der Waals surface area contributed by atoms with E-state index in [1.54, 1.807) is 11.8 Å². The third kappa shape index (κ3) is 3.86. The van der Waals surface area contributed by atoms with Crippen molar-refractivity contribution >= 4 is 5.91 Å². The summed E-state index contributed by atoms with van der Waals surface area (Å²) in [6.45, 7) is 5.52. The molecule has 2 saturated heterocycles. The second-order valence-corrected chi connectivity index (χ2v) is 7.48. The van der Waals surface area contributed by atoms with Gasteiger partial charge in [0.2, 0.25) is 0 Å². The van der Waals surface area contributed by atoms with Crippen molar-refractivity contribution in [3.05, 3.63) is 63.8 Å². The van der Waals surface area contributed by atoms with Gasteiger partial charge >= 0.3 is 0 Å². The second-order valence-electron chi connectivity index (χ2n) is 7.48. The predicted molar refractivity (Wildman–Crippen MR) is 105 cm³/mol. The number of nitrogens with one attached hydrogen (secondary N) is 1. The molecule has 0 aliphatic carbocycles. The molecule has 1 amide bonds. The Balaban J connectivity index is 1.67. The minimum atomic E-state index is -0.396. The molecular formula is C21H26N4O3. The Kier molecular flexibility index (Phi) is 5.54. The summed E-state index contributed by atoms with van der Waals surface area (Å²) in [4.78, 5) is 36.6. The van der Waals surface area contributed by atoms with Gasteiger partial charge in [0.15, 0.2) is 0 Å². The summed E-state index contributed by atoms with van der Waals surface area (Å²) < 4.78 is 6.14. The molecule has 7 nitrogen and oxygen atoms in total. The average Bonchev–Trinajstić information content (AvgIpc) is 3.21. The van der Waals surface area contributed by atoms with Gasteiger partial charge in [0.25, 0.3) is 11.5 Å². The fraction of sp³-hybridized carbons (Fsp3) is 0.476. The van der Waals surface area contributed by atoms with Crippen LogP contribution in [-0.4, -0.2) is 64.6 Å². The smallest absolute Gasteiger partial charge is 0.263 e. The van der Waals surface area contributed by atoms with E-state index >= 15 is 0 Å². The SMILES string of the molecule is Cc1ncc(C(=O)N2CCO[C@@H](CN3CCCC3)[C@@H]2c2ccccc2)c(=O)[nH]1. The van der Waals surface area contributed by atoms with Crippen LogP contribution in [0.5, 0.6) is 0 Å². The number of hydrogen-bond acceptors (Lipinski definition) is 5. The molecule has 0 bridgehead atoms. The zero-order valence-corrected chi connectivity index (χ0v) is 16.1. The minimum Gasteiger partial charge on any atom is -0.373 e. The van der Waals surface area contributed by atoms with Gasteiger partial charge in [0.1, 0.15) is 11.4 Å². The van der Waals surface area contributed by atoms with Crippen LogP contribution in [0.2, 0.25) is 0 Å². The molecule has 1 N–H and O–H groups in total. The third-order valence-electron chi connectivity index (χ3n) is 5.55. The summed E-state index contributed by atoms with van der Waals surface area (Å²) >= 11 is 0. The number of ether oxygens (including phenoxy) is 1. The lowest BCUT2D eigenvalue weighted by Gasteiger charge is -2.42. The molecule has 1 aromatic heterocycles. The molecule has 2 fully saturated rings. The number of likely N-dealkylation sites (tertiary alicyclic amines) is 1. The summed E-state index contributed by atoms with van der Waals surface area (Å²) in [5, 5.41) is 0. The van der Waals surface area contributed by atoms with Gasteiger partial charge in [-0.15, -0.1) is 0 Å². The Bertz CT molecular complexity index is 877. The fourth-order valence-corrected chi connectivity index (χ4v) is 4.17. The fourth-order valence-electron chi connectivity index (χ4n) is 4.17. The van der Waals surface area contributed by atoms with Gasteiger partial charge in [-0.05, 0) is 38.4 Å². The summed E-state index contributed by atoms with van der Waals surface area (Å²) in [5.74, 6) is 0.201. The van der Waals surface area contributed by atoms with Gasteiger partial charge in [-0.25, -0.2) is 4.98 Å². The maximum atomic E-state index is 13.3. The Morgan fingerprint density at radius 3 is 2.68 bits per heavy atom. The molecule has 1 aromatic carbocycles. The van der Waals surface area contributed by atoms with Crippen molar-refractivity contribution in [3.8, 4) is 0 Å². The van der Waals surface area contributed by atoms with Crippen LogP contribution in [0.3, 0.4) is 0 Å². The topological polar surface area (TPSA) is 78.5 Å². The molecule has 3 heterocycles. The van der Waals surface area contributed by atoms with E-state index in [4.69, 9.17) is 4.74 Å². The number of H-pyrrole nitrogens is 1. The Labute approximate surface area is 164 Å². The first kappa shape index (κ1) is 18.8. The maximum absolute atomic E-state index is 13.3. The van der Waals surface area contributed by atoms with Crippen molar-refractivity contribution in [1.82, 2.24) is 19.8 Å². The molecule has 2 aliphatic rings. The molecule has 4 rings (SSSR count). The van der Waals surface area contributed by atoms with Crippen molar-refractivity contribution in [2.24, 2.45) is 0 Å². The zero-order valence-electron chi connectivity index (χ0n) is 16.1. The van der Waals surface area contributed by atoms with Crippen molar-refractivity contribution in [1.29, 1.82) is 0 Å². The number of aromatic amines is 1. The van der Waals surface area contributed by atoms with Crippen LogP contribution in [-0.2, 0) is 4.74 Å². The van der Waals surface area contributed by atoms with Crippen LogP contribution in [0.4, 0.5) is 0 Å². The molecule has 2 aromatic rings. The highest BCUT2D eigenvalue weighted by atomic mass is 16.5. The Morgan fingerprint density at radius 1 is 1.21 bits per heavy atom. The molecule has 7 heteroatoms. The number of benzene rings is 1. The molecule has 0 unspecified atom stereocenters. The largest absolute Gasteiger partial charge is 0.373 e. The normalized spacial score (nSPS) is 23.1. The van der Waals surface area contributed by atoms with Gasteiger partial charge in [-0.1, -0.05) is 30.3 Å². The van der Waals surface area contributed by atoms with Crippen molar-refractivity contribution < 1.29 is 9.53 Å². The Morgan fingerprint density at radius 2 is 1.96 bits per heavy atom. The summed E-state index contributed by atoms with van der Waals surface area (Å²) in [5.41, 5.74) is 0.705. The number of hydrogen-bond donors (Lipinski definition) is 1. The van der Waals surface area contributed by atoms with Gasteiger partial charge in [-0.2, -0.15) is 0 Å². The van der Waals surface area contributed by atoms with E-state index in [1.807, 2.05) is 30.3 Å². The van der Waals surface area contributed by atoms with Crippen molar-refractivity contribution in [2.45, 2.75) is 31.9 Å². The lowest BCUT2D eigenvalue weighted by atomic mass is 9.96. The van der Waals surface area contributed by atoms with E-state index in [-0.39, 0.29) is 23.6 Å². The van der Waals surface area contributed by atoms with E-state index < -0.39 is 5.56 Å². The highest BCUT2D eigenvalue weighted by Gasteiger charge is 2.38. The molecule has 28 heavy (non-hydrogen) atoms. The summed E-state index contributed by atoms with van der Waals surface area (Å²) in [6, 6.07) is 9.72. The third-order valence-corrected chi connectivity index (χ3v) is 5.55. The van der Waals surface area contributed by atoms with E-state index in [0.29, 0.717) is 19.0 Å². The maximum Gasteiger partial charge on any atom is 0.263 e. The number of amides is 1. The van der Waals surface area contributed by atoms with Crippen LogP contribution >= 0.6 is 0 Å². The minimum absolute atomic E-state index is 0.0772. The van der Waals surface area contributed by atoms with Gasteiger partial charge in [0.05, 0.1) is 18.8 Å². The molecule has 2 aliphatic heterocycles. The highest BCUT2D eigenvalue weighted by molar-refractivity contribution is 5.94. The highest BCUT2D eigenvalue weighted by Crippen LogP contribution is 2.31. The predicted octanol–water partition coefficient (Wildman–Crippen LogP) is 1.76. The number of aromatic nitrogens is 2. The van der Waals surface area contributed by atoms with E-state index in [2.05, 4.69) is 14.9 Å². The quantitative estimate of drug-likeness (QED) is 0.872. The first-order valence-electron chi connectivity index (χ1n) is 9.89. The van der Waals surface area contributed by atoms with E-state index in [0.717, 1.165) is 25.2 Å². The van der Waals surface area contributed by atoms with Crippen LogP contribution in [0, 0.1) is 6.92 Å². The van der Waals surface area contributed by atoms with Crippen LogP contribution in [0.1, 0.15) is 40.6 Å². The first-order valence-corrected chi connectivity index (χ1v) is 9.89. The second kappa shape index (κ2) is 8.24. The number of carbonyl (C=O) groups excluding carboxylic acids is 1. The lowest BCUT2D eigenvalue weighted by molar-refractivity contribution is -0.0707. The average molecular weight is 382 g/mol. The van der Waals surface area contributed by atoms with Gasteiger partial charge in [0, 0.05) is 19.3 Å². The number of morpholine rings is 1. The number of rotatable bonds is 4. The molecule has 0 radical (unpaired) electrons. The molecular weight excluding hydrogens is 356 g/mol. The summed E-state index contributed by atoms with van der Waals surface area (Å²) in [6.07, 6.45) is 3.66. The van der Waals surface area contributed by atoms with Crippen molar-refractivity contribution in [2.75, 3.05) is 32.8 Å². The first-order chi connectivity index (χ1) is 13.6. The molecule has 0 spiro atoms. The Hall–Kier alpha value is -2.51. The number of aryl methyl sites for hydroxylation is 1. The van der Waals surface area contributed by atoms with Crippen LogP contribution in [0.15, 0.2) is 41.3 Å². The van der Waals surface area contributed by atoms with Crippen molar-refractivity contribution in [3.63, 3.8) is 0 Å². The van der Waals surface area contributed by atoms with E-state index in [1.165, 1.54) is 19.0 Å². The van der Waals surface area contributed by atoms with Crippen LogP contribution < -0.4 is 5.56 Å². The summed E-state index contributed by atoms with van der Waals surface area (Å²) in [7, 11) is 0. The lowest BCUT2D eigenvalue weighted by Crippen LogP contribution is -2.52. The monoisotopic (exact) mass is 382 g/mol. The molecule has 148 valence electrons. The van der Waals surface area contributed by atoms with E-state index in [9.17, 15) is 9.59 Å². The molecule has 2 atom stereocenters. The molecule has 0 saturated carbocycles. The van der Waals surface area contributed by atoms with Crippen LogP contribution in [0.25, 0.3) is 0 Å². The van der Waals surface area contributed by atoms with Gasteiger partial charge in [-0.3, -0.25) is 9.59 Å². The zero-order chi connectivity index (χ0) is 19.5. The number of nitrogens with zero attached hydrogens (tertiary/aromatic N) is 3. The standard InChI is InChI=1S/C21H26N4O3/c1-15-22-13-17(20(26)23-15)21(27)25-11-12-28-18(14-24-9-5-6-10-24)19(25)16-7-3-2-4-8-16/h2-4,7-8,13,18-19H,5-6,9-12,14H2,1H3,(H,22,23,26)/t18-,19-/m0/s1.